The van der Waals surface area contributed by atoms with E-state index in [4.69, 9.17) is 0 Å². The molecular formula is C17H16N4O6. The van der Waals surface area contributed by atoms with E-state index in [1.54, 1.807) is 4.90 Å². The van der Waals surface area contributed by atoms with E-state index in [1.807, 2.05) is 24.3 Å². The maximum absolute atomic E-state index is 12.9. The third-order valence-electron chi connectivity index (χ3n) is 4.93. The third-order valence-corrected chi connectivity index (χ3v) is 4.93. The Labute approximate surface area is 153 Å². The van der Waals surface area contributed by atoms with Crippen molar-refractivity contribution in [2.24, 2.45) is 0 Å². The molecule has 140 valence electrons. The van der Waals surface area contributed by atoms with Gasteiger partial charge in [0.2, 0.25) is 5.91 Å². The molecule has 0 radical (unpaired) electrons. The van der Waals surface area contributed by atoms with Gasteiger partial charge in [0.05, 0.1) is 18.3 Å². The first kappa shape index (κ1) is 17.0. The molecule has 2 aliphatic heterocycles. The van der Waals surface area contributed by atoms with Gasteiger partial charge in [0, 0.05) is 13.1 Å². The molecular weight excluding hydrogens is 356 g/mol. The summed E-state index contributed by atoms with van der Waals surface area (Å²) in [6, 6.07) is 7.49. The molecule has 0 bridgehead atoms. The molecule has 4 rings (SSSR count). The fourth-order valence-electron chi connectivity index (χ4n) is 3.64. The number of piperazine rings is 1. The second kappa shape index (κ2) is 6.38. The highest BCUT2D eigenvalue weighted by Gasteiger charge is 2.42. The number of hydrogen-bond acceptors (Lipinski definition) is 7. The second-order valence-corrected chi connectivity index (χ2v) is 6.36. The molecule has 27 heavy (non-hydrogen) atoms. The minimum Gasteiger partial charge on any atom is -0.463 e. The minimum atomic E-state index is -1.04. The Hall–Kier alpha value is -3.43. The van der Waals surface area contributed by atoms with Crippen LogP contribution in [0.4, 0.5) is 0 Å². The normalized spacial score (nSPS) is 18.7. The van der Waals surface area contributed by atoms with Crippen molar-refractivity contribution in [1.29, 1.82) is 0 Å². The lowest BCUT2D eigenvalue weighted by Gasteiger charge is -2.44. The summed E-state index contributed by atoms with van der Waals surface area (Å²) in [6.45, 7) is 0.651. The largest absolute Gasteiger partial charge is 0.463 e. The zero-order valence-electron chi connectivity index (χ0n) is 14.5. The number of amides is 2. The van der Waals surface area contributed by atoms with E-state index in [1.165, 1.54) is 4.90 Å². The molecule has 3 heterocycles. The van der Waals surface area contributed by atoms with E-state index in [0.29, 0.717) is 6.54 Å². The predicted molar refractivity (Wildman–Crippen MR) is 87.3 cm³/mol. The second-order valence-electron chi connectivity index (χ2n) is 6.36. The SMILES string of the molecule is COC(=O)c1c(C(=O)N2CC(=O)N3CCc4ccccc4C3C2)no[n+]1[O-]. The lowest BCUT2D eigenvalue weighted by atomic mass is 9.90. The van der Waals surface area contributed by atoms with Crippen LogP contribution in [-0.4, -0.2) is 59.5 Å². The van der Waals surface area contributed by atoms with E-state index in [9.17, 15) is 19.6 Å². The molecule has 0 saturated carbocycles. The van der Waals surface area contributed by atoms with E-state index in [0.717, 1.165) is 24.7 Å². The van der Waals surface area contributed by atoms with Crippen molar-refractivity contribution < 1.29 is 28.7 Å². The average molecular weight is 372 g/mol. The topological polar surface area (TPSA) is 120 Å². The predicted octanol–water partition coefficient (Wildman–Crippen LogP) is -0.324. The van der Waals surface area contributed by atoms with E-state index in [-0.39, 0.29) is 29.9 Å². The monoisotopic (exact) mass is 372 g/mol. The fourth-order valence-corrected chi connectivity index (χ4v) is 3.64. The maximum Gasteiger partial charge on any atom is 0.387 e. The quantitative estimate of drug-likeness (QED) is 0.523. The standard InChI is InChI=1S/C17H16N4O6/c1-26-17(24)15-14(18-27-21(15)25)16(23)19-8-12-11-5-3-2-4-10(11)6-7-20(12)13(22)9-19/h2-5,12H,6-9H2,1H3. The zero-order valence-corrected chi connectivity index (χ0v) is 14.5. The van der Waals surface area contributed by atoms with Crippen LogP contribution >= 0.6 is 0 Å². The van der Waals surface area contributed by atoms with Gasteiger partial charge in [0.25, 0.3) is 0 Å². The summed E-state index contributed by atoms with van der Waals surface area (Å²) in [4.78, 5) is 40.1. The number of aromatic nitrogens is 2. The molecule has 1 saturated heterocycles. The van der Waals surface area contributed by atoms with Crippen molar-refractivity contribution >= 4 is 17.8 Å². The first-order valence-electron chi connectivity index (χ1n) is 8.36. The molecule has 0 spiro atoms. The molecule has 2 amide bonds. The minimum absolute atomic E-state index is 0.163. The Morgan fingerprint density at radius 1 is 1.37 bits per heavy atom. The van der Waals surface area contributed by atoms with Crippen LogP contribution < -0.4 is 4.90 Å². The van der Waals surface area contributed by atoms with E-state index < -0.39 is 23.3 Å². The molecule has 1 unspecified atom stereocenters. The molecule has 0 N–H and O–H groups in total. The molecule has 0 aliphatic carbocycles. The molecule has 1 aromatic carbocycles. The Morgan fingerprint density at radius 2 is 2.15 bits per heavy atom. The van der Waals surface area contributed by atoms with E-state index in [2.05, 4.69) is 14.5 Å². The van der Waals surface area contributed by atoms with Crippen molar-refractivity contribution in [3.05, 3.63) is 52.0 Å². The van der Waals surface area contributed by atoms with Crippen molar-refractivity contribution in [2.75, 3.05) is 26.7 Å². The highest BCUT2D eigenvalue weighted by atomic mass is 16.8. The lowest BCUT2D eigenvalue weighted by molar-refractivity contribution is -0.804. The fraction of sp³-hybridized carbons (Fsp3) is 0.353. The summed E-state index contributed by atoms with van der Waals surface area (Å²) in [5.41, 5.74) is 1.01. The molecule has 10 heteroatoms. The van der Waals surface area contributed by atoms with Gasteiger partial charge in [0.15, 0.2) is 0 Å². The van der Waals surface area contributed by atoms with Crippen molar-refractivity contribution in [2.45, 2.75) is 12.5 Å². The van der Waals surface area contributed by atoms with Gasteiger partial charge in [0.1, 0.15) is 6.54 Å². The van der Waals surface area contributed by atoms with Gasteiger partial charge in [-0.1, -0.05) is 24.3 Å². The van der Waals surface area contributed by atoms with Crippen molar-refractivity contribution in [3.63, 3.8) is 0 Å². The number of carbonyl (C=O) groups is 3. The maximum atomic E-state index is 12.9. The van der Waals surface area contributed by atoms with Crippen molar-refractivity contribution in [3.8, 4) is 0 Å². The average Bonchev–Trinajstić information content (AvgIpc) is 3.08. The summed E-state index contributed by atoms with van der Waals surface area (Å²) in [6.07, 6.45) is 0.762. The highest BCUT2D eigenvalue weighted by Crippen LogP contribution is 2.33. The van der Waals surface area contributed by atoms with Gasteiger partial charge < -0.3 is 19.7 Å². The number of rotatable bonds is 2. The van der Waals surface area contributed by atoms with Gasteiger partial charge >= 0.3 is 23.3 Å². The molecule has 1 fully saturated rings. The van der Waals surface area contributed by atoms with Crippen LogP contribution in [0, 0.1) is 5.21 Å². The van der Waals surface area contributed by atoms with Crippen LogP contribution in [0.5, 0.6) is 0 Å². The first-order chi connectivity index (χ1) is 13.0. The van der Waals surface area contributed by atoms with Gasteiger partial charge in [-0.25, -0.2) is 4.79 Å². The smallest absolute Gasteiger partial charge is 0.387 e. The number of esters is 1. The molecule has 1 aromatic heterocycles. The summed E-state index contributed by atoms with van der Waals surface area (Å²) in [5.74, 6) is -1.97. The third kappa shape index (κ3) is 2.69. The summed E-state index contributed by atoms with van der Waals surface area (Å²) in [5, 5.41) is 15.0. The molecule has 1 atom stereocenters. The van der Waals surface area contributed by atoms with Gasteiger partial charge in [-0.15, -0.1) is 0 Å². The van der Waals surface area contributed by atoms with Gasteiger partial charge in [-0.3, -0.25) is 14.2 Å². The van der Waals surface area contributed by atoms with Crippen LogP contribution in [0.2, 0.25) is 0 Å². The molecule has 2 aromatic rings. The Morgan fingerprint density at radius 3 is 2.93 bits per heavy atom. The number of fused-ring (bicyclic) bond motifs is 3. The zero-order chi connectivity index (χ0) is 19.1. The van der Waals surface area contributed by atoms with Crippen LogP contribution in [0.25, 0.3) is 0 Å². The Kier molecular flexibility index (Phi) is 4.02. The number of nitrogens with zero attached hydrogens (tertiary/aromatic N) is 4. The van der Waals surface area contributed by atoms with Crippen LogP contribution in [0.15, 0.2) is 28.9 Å². The number of methoxy groups -OCH3 is 1. The number of benzene rings is 1. The summed E-state index contributed by atoms with van der Waals surface area (Å²) >= 11 is 0. The summed E-state index contributed by atoms with van der Waals surface area (Å²) in [7, 11) is 1.07. The van der Waals surface area contributed by atoms with Crippen LogP contribution in [0.1, 0.15) is 38.1 Å². The highest BCUT2D eigenvalue weighted by molar-refractivity contribution is 6.03. The number of hydrogen-bond donors (Lipinski definition) is 0. The van der Waals surface area contributed by atoms with Crippen molar-refractivity contribution in [1.82, 2.24) is 15.0 Å². The van der Waals surface area contributed by atoms with Crippen LogP contribution in [0.3, 0.4) is 0 Å². The molecule has 10 nitrogen and oxygen atoms in total. The molecule has 2 aliphatic rings. The Balaban J connectivity index is 1.66. The number of ether oxygens (including phenoxy) is 1. The van der Waals surface area contributed by atoms with Gasteiger partial charge in [-0.05, 0) is 22.5 Å². The van der Waals surface area contributed by atoms with Gasteiger partial charge in [-0.2, -0.15) is 0 Å². The summed E-state index contributed by atoms with van der Waals surface area (Å²) < 4.78 is 8.89. The van der Waals surface area contributed by atoms with E-state index >= 15 is 0 Å². The number of carbonyl (C=O) groups excluding carboxylic acids is 3. The Bertz CT molecular complexity index is 939. The van der Waals surface area contributed by atoms with Crippen LogP contribution in [-0.2, 0) is 16.0 Å². The first-order valence-corrected chi connectivity index (χ1v) is 8.36. The lowest BCUT2D eigenvalue weighted by Crippen LogP contribution is -2.56.